The van der Waals surface area contributed by atoms with Gasteiger partial charge in [-0.15, -0.1) is 0 Å². The summed E-state index contributed by atoms with van der Waals surface area (Å²) in [5.41, 5.74) is 10.7. The van der Waals surface area contributed by atoms with E-state index in [0.717, 1.165) is 19.9 Å². The van der Waals surface area contributed by atoms with Crippen molar-refractivity contribution in [3.05, 3.63) is 51.9 Å². The van der Waals surface area contributed by atoms with Gasteiger partial charge in [0.2, 0.25) is 0 Å². The number of ketones is 1. The third-order valence-electron chi connectivity index (χ3n) is 5.63. The van der Waals surface area contributed by atoms with Gasteiger partial charge in [0.1, 0.15) is 28.3 Å². The van der Waals surface area contributed by atoms with E-state index in [2.05, 4.69) is 10.3 Å². The van der Waals surface area contributed by atoms with Crippen LogP contribution in [0, 0.1) is 0 Å². The smallest absolute Gasteiger partial charge is 0.383 e. The van der Waals surface area contributed by atoms with Crippen LogP contribution < -0.4 is 11.5 Å². The molecule has 0 aliphatic carbocycles. The number of hydrogen-bond donors (Lipinski definition) is 2. The molecule has 35 heavy (non-hydrogen) atoms. The van der Waals surface area contributed by atoms with Gasteiger partial charge in [0.15, 0.2) is 5.76 Å². The SMILES string of the molecule is CC(C)n1nc(-c2ccc(CC(=O)Cc3cc(C(C)(C)C(F)(F)F)on3)cc2Cl)c(C(N)=O)c1N. The highest BCUT2D eigenvalue weighted by Gasteiger charge is 2.51. The largest absolute Gasteiger partial charge is 0.401 e. The van der Waals surface area contributed by atoms with Crippen LogP contribution in [0.1, 0.15) is 61.1 Å². The fraction of sp³-hybridized carbons (Fsp3) is 0.391. The number of alkyl halides is 3. The number of aromatic nitrogens is 3. The van der Waals surface area contributed by atoms with Gasteiger partial charge in [-0.3, -0.25) is 9.59 Å². The quantitative estimate of drug-likeness (QED) is 0.453. The topological polar surface area (TPSA) is 130 Å². The van der Waals surface area contributed by atoms with Crippen LogP contribution in [0.2, 0.25) is 5.02 Å². The Morgan fingerprint density at radius 1 is 1.17 bits per heavy atom. The van der Waals surface area contributed by atoms with E-state index in [4.69, 9.17) is 27.6 Å². The first kappa shape index (κ1) is 26.3. The van der Waals surface area contributed by atoms with Gasteiger partial charge >= 0.3 is 6.18 Å². The molecular formula is C23H25ClF3N5O3. The summed E-state index contributed by atoms with van der Waals surface area (Å²) in [7, 11) is 0. The number of hydrogen-bond acceptors (Lipinski definition) is 6. The van der Waals surface area contributed by atoms with Gasteiger partial charge in [0.25, 0.3) is 5.91 Å². The summed E-state index contributed by atoms with van der Waals surface area (Å²) in [5, 5.41) is 8.22. The van der Waals surface area contributed by atoms with Gasteiger partial charge in [-0.1, -0.05) is 28.9 Å². The molecule has 8 nitrogen and oxygen atoms in total. The summed E-state index contributed by atoms with van der Waals surface area (Å²) in [6.45, 7) is 5.64. The molecular weight excluding hydrogens is 487 g/mol. The van der Waals surface area contributed by atoms with Crippen molar-refractivity contribution in [2.24, 2.45) is 5.73 Å². The Labute approximate surface area is 204 Å². The van der Waals surface area contributed by atoms with Crippen molar-refractivity contribution in [3.8, 4) is 11.3 Å². The number of primary amides is 1. The highest BCUT2D eigenvalue weighted by atomic mass is 35.5. The minimum atomic E-state index is -4.53. The van der Waals surface area contributed by atoms with E-state index in [0.29, 0.717) is 11.1 Å². The molecule has 0 aliphatic rings. The van der Waals surface area contributed by atoms with Gasteiger partial charge in [-0.25, -0.2) is 4.68 Å². The Balaban J connectivity index is 1.79. The number of benzene rings is 1. The Morgan fingerprint density at radius 3 is 2.37 bits per heavy atom. The molecule has 4 N–H and O–H groups in total. The molecule has 2 aromatic heterocycles. The highest BCUT2D eigenvalue weighted by Crippen LogP contribution is 2.40. The molecule has 1 amide bonds. The van der Waals surface area contributed by atoms with Gasteiger partial charge in [-0.2, -0.15) is 18.3 Å². The standard InChI is InChI=1S/C23H25ClF3N5O3/c1-11(2)32-20(28)18(21(29)34)19(30-32)15-6-5-12(8-16(15)24)7-14(33)9-13-10-17(35-31-13)22(3,4)23(25,26)27/h5-6,8,10-11H,7,9,28H2,1-4H3,(H2,29,34). The molecule has 0 spiro atoms. The van der Waals surface area contributed by atoms with Gasteiger partial charge in [-0.05, 0) is 39.3 Å². The average Bonchev–Trinajstić information content (AvgIpc) is 3.32. The minimum Gasteiger partial charge on any atom is -0.383 e. The Hall–Kier alpha value is -3.34. The predicted molar refractivity (Wildman–Crippen MR) is 124 cm³/mol. The van der Waals surface area contributed by atoms with Gasteiger partial charge in [0, 0.05) is 24.1 Å². The summed E-state index contributed by atoms with van der Waals surface area (Å²) in [6, 6.07) is 5.79. The first-order valence-electron chi connectivity index (χ1n) is 10.6. The van der Waals surface area contributed by atoms with E-state index in [1.165, 1.54) is 4.68 Å². The van der Waals surface area contributed by atoms with Crippen molar-refractivity contribution in [3.63, 3.8) is 0 Å². The van der Waals surface area contributed by atoms with Crippen LogP contribution in [-0.4, -0.2) is 32.8 Å². The van der Waals surface area contributed by atoms with E-state index < -0.39 is 17.5 Å². The summed E-state index contributed by atoms with van der Waals surface area (Å²) >= 11 is 6.43. The van der Waals surface area contributed by atoms with E-state index in [1.54, 1.807) is 18.2 Å². The van der Waals surface area contributed by atoms with Crippen LogP contribution in [0.25, 0.3) is 11.3 Å². The van der Waals surface area contributed by atoms with Crippen molar-refractivity contribution < 1.29 is 27.3 Å². The summed E-state index contributed by atoms with van der Waals surface area (Å²) in [6.07, 6.45) is -4.79. The highest BCUT2D eigenvalue weighted by molar-refractivity contribution is 6.33. The van der Waals surface area contributed by atoms with Gasteiger partial charge < -0.3 is 16.0 Å². The molecule has 0 bridgehead atoms. The monoisotopic (exact) mass is 511 g/mol. The van der Waals surface area contributed by atoms with Crippen LogP contribution in [0.5, 0.6) is 0 Å². The van der Waals surface area contributed by atoms with Gasteiger partial charge in [0.05, 0.1) is 17.1 Å². The lowest BCUT2D eigenvalue weighted by Gasteiger charge is -2.24. The van der Waals surface area contributed by atoms with Crippen molar-refractivity contribution in [1.29, 1.82) is 0 Å². The predicted octanol–water partition coefficient (Wildman–Crippen LogP) is 4.65. The van der Waals surface area contributed by atoms with E-state index in [1.807, 2.05) is 13.8 Å². The zero-order valence-electron chi connectivity index (χ0n) is 19.5. The first-order chi connectivity index (χ1) is 16.1. The number of nitrogen functional groups attached to an aromatic ring is 1. The molecule has 3 rings (SSSR count). The minimum absolute atomic E-state index is 0.0455. The Bertz CT molecular complexity index is 1280. The number of anilines is 1. The second-order valence-electron chi connectivity index (χ2n) is 9.02. The number of Topliss-reactive ketones (excluding diaryl/α,β-unsaturated/α-hetero) is 1. The van der Waals surface area contributed by atoms with Crippen LogP contribution >= 0.6 is 11.6 Å². The zero-order valence-corrected chi connectivity index (χ0v) is 20.3. The van der Waals surface area contributed by atoms with Crippen LogP contribution in [0.3, 0.4) is 0 Å². The van der Waals surface area contributed by atoms with Crippen molar-refractivity contribution in [2.45, 2.75) is 58.2 Å². The number of rotatable bonds is 8. The molecule has 0 aliphatic heterocycles. The van der Waals surface area contributed by atoms with Crippen LogP contribution in [0.4, 0.5) is 19.0 Å². The second-order valence-corrected chi connectivity index (χ2v) is 9.43. The zero-order chi connectivity index (χ0) is 26.3. The molecule has 0 atom stereocenters. The third kappa shape index (κ3) is 5.19. The maximum absolute atomic E-state index is 13.2. The number of nitrogens with zero attached hydrogens (tertiary/aromatic N) is 3. The maximum atomic E-state index is 13.2. The second kappa shape index (κ2) is 9.37. The Morgan fingerprint density at radius 2 is 1.83 bits per heavy atom. The number of carbonyl (C=O) groups excluding carboxylic acids is 2. The normalized spacial score (nSPS) is 12.4. The molecule has 2 heterocycles. The van der Waals surface area contributed by atoms with Crippen molar-refractivity contribution in [1.82, 2.24) is 14.9 Å². The summed E-state index contributed by atoms with van der Waals surface area (Å²) in [5.74, 6) is -1.30. The van der Waals surface area contributed by atoms with Crippen LogP contribution in [-0.2, 0) is 23.1 Å². The lowest BCUT2D eigenvalue weighted by molar-refractivity contribution is -0.185. The molecule has 188 valence electrons. The lowest BCUT2D eigenvalue weighted by atomic mass is 9.89. The molecule has 1 aromatic carbocycles. The molecule has 0 saturated carbocycles. The fourth-order valence-corrected chi connectivity index (χ4v) is 3.75. The average molecular weight is 512 g/mol. The van der Waals surface area contributed by atoms with Crippen molar-refractivity contribution in [2.75, 3.05) is 5.73 Å². The molecule has 0 fully saturated rings. The molecule has 0 saturated heterocycles. The Kier molecular flexibility index (Phi) is 7.03. The number of halogens is 4. The maximum Gasteiger partial charge on any atom is 0.401 e. The van der Waals surface area contributed by atoms with E-state index in [9.17, 15) is 22.8 Å². The van der Waals surface area contributed by atoms with Crippen molar-refractivity contribution >= 4 is 29.1 Å². The number of amides is 1. The molecule has 0 unspecified atom stereocenters. The fourth-order valence-electron chi connectivity index (χ4n) is 3.45. The summed E-state index contributed by atoms with van der Waals surface area (Å²) < 4.78 is 45.9. The summed E-state index contributed by atoms with van der Waals surface area (Å²) in [4.78, 5) is 24.5. The lowest BCUT2D eigenvalue weighted by Crippen LogP contribution is -2.35. The molecule has 12 heteroatoms. The van der Waals surface area contributed by atoms with E-state index in [-0.39, 0.29) is 58.2 Å². The molecule has 0 radical (unpaired) electrons. The first-order valence-corrected chi connectivity index (χ1v) is 11.0. The van der Waals surface area contributed by atoms with E-state index >= 15 is 0 Å². The van der Waals surface area contributed by atoms with Crippen LogP contribution in [0.15, 0.2) is 28.8 Å². The number of nitrogens with two attached hydrogens (primary N) is 2. The molecule has 3 aromatic rings. The number of carbonyl (C=O) groups is 2. The third-order valence-corrected chi connectivity index (χ3v) is 5.95.